The van der Waals surface area contributed by atoms with E-state index in [0.29, 0.717) is 28.2 Å². The maximum atomic E-state index is 12.6. The maximum absolute atomic E-state index is 12.6. The number of carbonyl (C=O) groups excluding carboxylic acids is 1. The molecule has 2 aliphatic carbocycles. The van der Waals surface area contributed by atoms with Crippen LogP contribution in [0.5, 0.6) is 0 Å². The van der Waals surface area contributed by atoms with Gasteiger partial charge in [-0.1, -0.05) is 23.5 Å². The lowest BCUT2D eigenvalue weighted by molar-refractivity contribution is -0.145. The molecule has 1 aromatic carbocycles. The summed E-state index contributed by atoms with van der Waals surface area (Å²) >= 11 is 1.20. The van der Waals surface area contributed by atoms with Gasteiger partial charge in [-0.15, -0.1) is 0 Å². The van der Waals surface area contributed by atoms with Gasteiger partial charge in [-0.2, -0.15) is 0 Å². The number of sulfone groups is 1. The quantitative estimate of drug-likeness (QED) is 0.772. The van der Waals surface area contributed by atoms with Crippen molar-refractivity contribution in [3.05, 3.63) is 30.4 Å². The first-order valence-corrected chi connectivity index (χ1v) is 10.7. The highest BCUT2D eigenvalue weighted by atomic mass is 32.2. The Balaban J connectivity index is 1.55. The van der Waals surface area contributed by atoms with Gasteiger partial charge in [0.15, 0.2) is 15.0 Å². The number of rotatable bonds is 4. The topological polar surface area (TPSA) is 113 Å². The Labute approximate surface area is 153 Å². The third-order valence-electron chi connectivity index (χ3n) is 5.14. The molecule has 1 saturated carbocycles. The van der Waals surface area contributed by atoms with E-state index in [1.54, 1.807) is 12.1 Å². The molecule has 136 valence electrons. The molecule has 1 fully saturated rings. The number of nitrogens with one attached hydrogen (secondary N) is 1. The minimum absolute atomic E-state index is 0.0719. The number of carboxylic acids is 1. The third-order valence-corrected chi connectivity index (χ3v) is 7.19. The summed E-state index contributed by atoms with van der Waals surface area (Å²) in [6.45, 7) is 0. The lowest BCUT2D eigenvalue weighted by Crippen LogP contribution is -2.30. The SMILES string of the molecule is CS(=O)(=O)c1ccc2nc(NC(=O)C3CC4(C(=O)O)C=CC3C4)sc2c1. The third kappa shape index (κ3) is 2.71. The monoisotopic (exact) mass is 392 g/mol. The Morgan fingerprint density at radius 3 is 2.77 bits per heavy atom. The van der Waals surface area contributed by atoms with Crippen molar-refractivity contribution in [2.24, 2.45) is 17.3 Å². The van der Waals surface area contributed by atoms with Crippen LogP contribution in [-0.2, 0) is 19.4 Å². The van der Waals surface area contributed by atoms with Crippen molar-refractivity contribution < 1.29 is 23.1 Å². The first kappa shape index (κ1) is 17.2. The first-order chi connectivity index (χ1) is 12.2. The number of aliphatic carboxylic acids is 1. The fraction of sp³-hybridized carbons (Fsp3) is 0.353. The Hall–Kier alpha value is -2.26. The number of hydrogen-bond donors (Lipinski definition) is 2. The van der Waals surface area contributed by atoms with E-state index in [-0.39, 0.29) is 16.7 Å². The number of carbonyl (C=O) groups is 2. The number of nitrogens with zero attached hydrogens (tertiary/aromatic N) is 1. The van der Waals surface area contributed by atoms with E-state index in [0.717, 1.165) is 6.26 Å². The van der Waals surface area contributed by atoms with E-state index in [9.17, 15) is 23.1 Å². The van der Waals surface area contributed by atoms with E-state index >= 15 is 0 Å². The maximum Gasteiger partial charge on any atom is 0.313 e. The molecule has 1 aromatic heterocycles. The number of hydrogen-bond acceptors (Lipinski definition) is 6. The number of carboxylic acid groups (broad SMARTS) is 1. The van der Waals surface area contributed by atoms with Crippen molar-refractivity contribution in [1.29, 1.82) is 0 Å². The van der Waals surface area contributed by atoms with Crippen molar-refractivity contribution in [1.82, 2.24) is 4.98 Å². The van der Waals surface area contributed by atoms with Gasteiger partial charge in [0.2, 0.25) is 5.91 Å². The lowest BCUT2D eigenvalue weighted by Gasteiger charge is -2.21. The summed E-state index contributed by atoms with van der Waals surface area (Å²) < 4.78 is 24.0. The van der Waals surface area contributed by atoms with Gasteiger partial charge in [0, 0.05) is 12.2 Å². The number of thiazole rings is 1. The molecule has 3 unspecified atom stereocenters. The van der Waals surface area contributed by atoms with Gasteiger partial charge in [-0.3, -0.25) is 9.59 Å². The lowest BCUT2D eigenvalue weighted by atomic mass is 9.84. The normalized spacial score (nSPS) is 27.1. The van der Waals surface area contributed by atoms with E-state index in [1.165, 1.54) is 23.5 Å². The molecule has 0 spiro atoms. The minimum Gasteiger partial charge on any atom is -0.481 e. The van der Waals surface area contributed by atoms with Crippen LogP contribution in [0.15, 0.2) is 35.2 Å². The zero-order valence-electron chi connectivity index (χ0n) is 13.8. The summed E-state index contributed by atoms with van der Waals surface area (Å²) in [5, 5.41) is 12.6. The molecule has 2 aliphatic rings. The average molecular weight is 392 g/mol. The van der Waals surface area contributed by atoms with Crippen LogP contribution in [0.25, 0.3) is 10.2 Å². The molecule has 7 nitrogen and oxygen atoms in total. The van der Waals surface area contributed by atoms with Gasteiger partial charge in [-0.25, -0.2) is 13.4 Å². The molecule has 0 radical (unpaired) electrons. The van der Waals surface area contributed by atoms with Crippen LogP contribution in [0.3, 0.4) is 0 Å². The Morgan fingerprint density at radius 2 is 2.12 bits per heavy atom. The average Bonchev–Trinajstić information content (AvgIpc) is 3.25. The zero-order chi connectivity index (χ0) is 18.7. The summed E-state index contributed by atoms with van der Waals surface area (Å²) in [7, 11) is -3.31. The number of amides is 1. The Morgan fingerprint density at radius 1 is 1.35 bits per heavy atom. The number of benzene rings is 1. The van der Waals surface area contributed by atoms with Gasteiger partial charge < -0.3 is 10.4 Å². The van der Waals surface area contributed by atoms with Gasteiger partial charge in [-0.05, 0) is 37.0 Å². The molecule has 1 heterocycles. The van der Waals surface area contributed by atoms with Crippen LogP contribution in [0.4, 0.5) is 5.13 Å². The largest absolute Gasteiger partial charge is 0.481 e. The highest BCUT2D eigenvalue weighted by Gasteiger charge is 2.54. The number of aromatic nitrogens is 1. The van der Waals surface area contributed by atoms with E-state index < -0.39 is 27.1 Å². The van der Waals surface area contributed by atoms with E-state index in [4.69, 9.17) is 0 Å². The standard InChI is InChI=1S/C17H16N2O5S2/c1-26(23,24)10-2-3-12-13(6-10)25-16(18-12)19-14(20)11-8-17(15(21)22)5-4-9(11)7-17/h2-6,9,11H,7-8H2,1H3,(H,21,22)(H,18,19,20). The van der Waals surface area contributed by atoms with Crippen molar-refractivity contribution in [3.8, 4) is 0 Å². The molecule has 0 saturated heterocycles. The fourth-order valence-corrected chi connectivity index (χ4v) is 5.39. The number of anilines is 1. The van der Waals surface area contributed by atoms with Gasteiger partial charge in [0.05, 0.1) is 20.5 Å². The molecule has 26 heavy (non-hydrogen) atoms. The van der Waals surface area contributed by atoms with E-state index in [1.807, 2.05) is 6.08 Å². The molecule has 4 rings (SSSR count). The number of fused-ring (bicyclic) bond motifs is 3. The van der Waals surface area contributed by atoms with Crippen LogP contribution >= 0.6 is 11.3 Å². The minimum atomic E-state index is -3.31. The molecule has 2 bridgehead atoms. The molecular formula is C17H16N2O5S2. The van der Waals surface area contributed by atoms with Crippen LogP contribution in [0.1, 0.15) is 12.8 Å². The fourth-order valence-electron chi connectivity index (χ4n) is 3.76. The second-order valence-corrected chi connectivity index (χ2v) is 9.96. The van der Waals surface area contributed by atoms with Crippen LogP contribution in [0, 0.1) is 17.3 Å². The van der Waals surface area contributed by atoms with Gasteiger partial charge in [0.25, 0.3) is 0 Å². The summed E-state index contributed by atoms with van der Waals surface area (Å²) in [5.41, 5.74) is -0.322. The summed E-state index contributed by atoms with van der Waals surface area (Å²) in [4.78, 5) is 28.6. The van der Waals surface area contributed by atoms with Crippen molar-refractivity contribution in [2.45, 2.75) is 17.7 Å². The highest BCUT2D eigenvalue weighted by molar-refractivity contribution is 7.90. The van der Waals surface area contributed by atoms with Gasteiger partial charge >= 0.3 is 5.97 Å². The van der Waals surface area contributed by atoms with Crippen molar-refractivity contribution >= 4 is 48.4 Å². The van der Waals surface area contributed by atoms with E-state index in [2.05, 4.69) is 10.3 Å². The summed E-state index contributed by atoms with van der Waals surface area (Å²) in [6, 6.07) is 4.63. The van der Waals surface area contributed by atoms with Crippen LogP contribution in [-0.4, -0.2) is 36.6 Å². The Bertz CT molecular complexity index is 1070. The molecule has 2 aromatic rings. The molecule has 0 aliphatic heterocycles. The van der Waals surface area contributed by atoms with Gasteiger partial charge in [0.1, 0.15) is 0 Å². The number of allylic oxidation sites excluding steroid dienone is 1. The zero-order valence-corrected chi connectivity index (χ0v) is 15.4. The summed E-state index contributed by atoms with van der Waals surface area (Å²) in [5.74, 6) is -1.60. The smallest absolute Gasteiger partial charge is 0.313 e. The predicted molar refractivity (Wildman–Crippen MR) is 96.8 cm³/mol. The highest BCUT2D eigenvalue weighted by Crippen LogP contribution is 2.53. The molecule has 9 heteroatoms. The van der Waals surface area contributed by atoms with Crippen LogP contribution in [0.2, 0.25) is 0 Å². The molecular weight excluding hydrogens is 376 g/mol. The first-order valence-electron chi connectivity index (χ1n) is 8.02. The molecule has 3 atom stereocenters. The second kappa shape index (κ2) is 5.62. The molecule has 1 amide bonds. The van der Waals surface area contributed by atoms with Crippen LogP contribution < -0.4 is 5.32 Å². The summed E-state index contributed by atoms with van der Waals surface area (Å²) in [6.07, 6.45) is 5.40. The Kier molecular flexibility index (Phi) is 3.71. The van der Waals surface area contributed by atoms with Crippen molar-refractivity contribution in [2.75, 3.05) is 11.6 Å². The van der Waals surface area contributed by atoms with Crippen molar-refractivity contribution in [3.63, 3.8) is 0 Å². The second-order valence-electron chi connectivity index (χ2n) is 6.91. The molecule has 2 N–H and O–H groups in total. The predicted octanol–water partition coefficient (Wildman–Crippen LogP) is 2.31.